The third-order valence-electron chi connectivity index (χ3n) is 3.21. The molecule has 0 saturated heterocycles. The third-order valence-corrected chi connectivity index (χ3v) is 4.44. The van der Waals surface area contributed by atoms with Gasteiger partial charge in [0.25, 0.3) is 5.69 Å². The number of aromatic nitrogens is 1. The van der Waals surface area contributed by atoms with Crippen molar-refractivity contribution in [2.24, 2.45) is 5.73 Å². The van der Waals surface area contributed by atoms with Gasteiger partial charge in [0, 0.05) is 12.1 Å². The molecule has 1 heterocycles. The van der Waals surface area contributed by atoms with Gasteiger partial charge >= 0.3 is 0 Å². The van der Waals surface area contributed by atoms with Gasteiger partial charge in [-0.2, -0.15) is 0 Å². The standard InChI is InChI=1S/C11H9N3O3S/c12-9(15)11(3-4-11)10-13-7-2-1-6(14(16)17)5-8(7)18-10/h1-2,5H,3-4H2,(H2,12,15). The maximum atomic E-state index is 11.4. The molecule has 3 rings (SSSR count). The van der Waals surface area contributed by atoms with Crippen LogP contribution in [-0.4, -0.2) is 15.8 Å². The average molecular weight is 263 g/mol. The van der Waals surface area contributed by atoms with Gasteiger partial charge in [-0.1, -0.05) is 0 Å². The van der Waals surface area contributed by atoms with Crippen LogP contribution in [0.4, 0.5) is 5.69 Å². The van der Waals surface area contributed by atoms with Gasteiger partial charge in [-0.15, -0.1) is 11.3 Å². The van der Waals surface area contributed by atoms with Crippen molar-refractivity contribution in [3.63, 3.8) is 0 Å². The van der Waals surface area contributed by atoms with Crippen molar-refractivity contribution in [3.8, 4) is 0 Å². The Morgan fingerprint density at radius 1 is 1.50 bits per heavy atom. The summed E-state index contributed by atoms with van der Waals surface area (Å²) < 4.78 is 0.715. The van der Waals surface area contributed by atoms with Crippen LogP contribution in [0.25, 0.3) is 10.2 Å². The molecule has 0 unspecified atom stereocenters. The first-order valence-corrected chi connectivity index (χ1v) is 6.20. The molecule has 92 valence electrons. The van der Waals surface area contributed by atoms with E-state index in [1.165, 1.54) is 23.5 Å². The number of nitro groups is 1. The van der Waals surface area contributed by atoms with Crippen LogP contribution >= 0.6 is 11.3 Å². The number of fused-ring (bicyclic) bond motifs is 1. The molecule has 1 aliphatic rings. The molecule has 7 heteroatoms. The van der Waals surface area contributed by atoms with E-state index in [9.17, 15) is 14.9 Å². The number of rotatable bonds is 3. The Bertz CT molecular complexity index is 675. The Labute approximate surface area is 106 Å². The van der Waals surface area contributed by atoms with Crippen LogP contribution in [0, 0.1) is 10.1 Å². The zero-order valence-electron chi connectivity index (χ0n) is 9.25. The average Bonchev–Trinajstić information content (AvgIpc) is 3.03. The Morgan fingerprint density at radius 2 is 2.22 bits per heavy atom. The molecule has 0 bridgehead atoms. The fourth-order valence-electron chi connectivity index (χ4n) is 1.92. The summed E-state index contributed by atoms with van der Waals surface area (Å²) >= 11 is 1.31. The lowest BCUT2D eigenvalue weighted by molar-refractivity contribution is -0.384. The lowest BCUT2D eigenvalue weighted by Gasteiger charge is -2.04. The number of benzene rings is 1. The minimum atomic E-state index is -0.627. The number of thiazole rings is 1. The first-order valence-electron chi connectivity index (χ1n) is 5.38. The van der Waals surface area contributed by atoms with Crippen molar-refractivity contribution in [1.82, 2.24) is 4.98 Å². The molecule has 0 atom stereocenters. The maximum absolute atomic E-state index is 11.4. The van der Waals surface area contributed by atoms with E-state index in [0.29, 0.717) is 28.1 Å². The smallest absolute Gasteiger partial charge is 0.270 e. The van der Waals surface area contributed by atoms with Gasteiger partial charge in [-0.25, -0.2) is 4.98 Å². The third kappa shape index (κ3) is 1.47. The molecule has 2 aromatic rings. The highest BCUT2D eigenvalue weighted by molar-refractivity contribution is 7.18. The van der Waals surface area contributed by atoms with E-state index in [-0.39, 0.29) is 11.6 Å². The fraction of sp³-hybridized carbons (Fsp3) is 0.273. The number of hydrogen-bond acceptors (Lipinski definition) is 5. The topological polar surface area (TPSA) is 99.1 Å². The van der Waals surface area contributed by atoms with E-state index in [1.54, 1.807) is 6.07 Å². The first kappa shape index (κ1) is 11.1. The summed E-state index contributed by atoms with van der Waals surface area (Å²) in [5.41, 5.74) is 5.46. The molecule has 18 heavy (non-hydrogen) atoms. The van der Waals surface area contributed by atoms with Gasteiger partial charge in [0.1, 0.15) is 10.4 Å². The van der Waals surface area contributed by atoms with Crippen LogP contribution in [0.15, 0.2) is 18.2 Å². The van der Waals surface area contributed by atoms with Gasteiger partial charge in [-0.3, -0.25) is 14.9 Å². The molecule has 0 radical (unpaired) electrons. The number of nitro benzene ring substituents is 1. The molecule has 6 nitrogen and oxygen atoms in total. The van der Waals surface area contributed by atoms with E-state index in [1.807, 2.05) is 0 Å². The second kappa shape index (κ2) is 3.49. The fourth-order valence-corrected chi connectivity index (χ4v) is 3.17. The predicted octanol–water partition coefficient (Wildman–Crippen LogP) is 1.72. The van der Waals surface area contributed by atoms with Crippen LogP contribution < -0.4 is 5.73 Å². The van der Waals surface area contributed by atoms with Crippen LogP contribution in [0.3, 0.4) is 0 Å². The number of nitrogens with two attached hydrogens (primary N) is 1. The number of carbonyl (C=O) groups is 1. The second-order valence-electron chi connectivity index (χ2n) is 4.37. The Balaban J connectivity index is 2.12. The van der Waals surface area contributed by atoms with Crippen molar-refractivity contribution in [3.05, 3.63) is 33.3 Å². The number of hydrogen-bond donors (Lipinski definition) is 1. The number of nitrogens with zero attached hydrogens (tertiary/aromatic N) is 2. The molecular formula is C11H9N3O3S. The summed E-state index contributed by atoms with van der Waals surface area (Å²) in [7, 11) is 0. The summed E-state index contributed by atoms with van der Waals surface area (Å²) in [6, 6.07) is 4.49. The first-order chi connectivity index (χ1) is 8.53. The lowest BCUT2D eigenvalue weighted by Crippen LogP contribution is -2.28. The zero-order chi connectivity index (χ0) is 12.9. The highest BCUT2D eigenvalue weighted by Gasteiger charge is 2.52. The van der Waals surface area contributed by atoms with Gasteiger partial charge in [0.15, 0.2) is 0 Å². The Hall–Kier alpha value is -2.02. The summed E-state index contributed by atoms with van der Waals surface area (Å²) in [4.78, 5) is 26.0. The minimum absolute atomic E-state index is 0.0293. The zero-order valence-corrected chi connectivity index (χ0v) is 10.1. The number of primary amides is 1. The minimum Gasteiger partial charge on any atom is -0.369 e. The number of amides is 1. The lowest BCUT2D eigenvalue weighted by atomic mass is 10.1. The number of carbonyl (C=O) groups excluding carboxylic acids is 1. The molecule has 1 aromatic heterocycles. The molecule has 0 aliphatic heterocycles. The van der Waals surface area contributed by atoms with Crippen molar-refractivity contribution >= 4 is 33.1 Å². The van der Waals surface area contributed by atoms with E-state index >= 15 is 0 Å². The van der Waals surface area contributed by atoms with Gasteiger partial charge in [-0.05, 0) is 18.9 Å². The van der Waals surface area contributed by atoms with Crippen molar-refractivity contribution in [2.75, 3.05) is 0 Å². The maximum Gasteiger partial charge on any atom is 0.270 e. The Morgan fingerprint density at radius 3 is 2.78 bits per heavy atom. The molecule has 1 fully saturated rings. The largest absolute Gasteiger partial charge is 0.369 e. The SMILES string of the molecule is NC(=O)C1(c2nc3ccc([N+](=O)[O-])cc3s2)CC1. The quantitative estimate of drug-likeness (QED) is 0.673. The van der Waals surface area contributed by atoms with Gasteiger partial charge < -0.3 is 5.73 Å². The van der Waals surface area contributed by atoms with Crippen LogP contribution in [0.5, 0.6) is 0 Å². The highest BCUT2D eigenvalue weighted by Crippen LogP contribution is 2.50. The summed E-state index contributed by atoms with van der Waals surface area (Å²) in [6.45, 7) is 0. The van der Waals surface area contributed by atoms with E-state index in [0.717, 1.165) is 0 Å². The monoisotopic (exact) mass is 263 g/mol. The molecule has 1 aliphatic carbocycles. The van der Waals surface area contributed by atoms with Crippen LogP contribution in [0.2, 0.25) is 0 Å². The molecule has 0 spiro atoms. The summed E-state index contributed by atoms with van der Waals surface area (Å²) in [6.07, 6.45) is 1.43. The van der Waals surface area contributed by atoms with E-state index in [2.05, 4.69) is 4.98 Å². The van der Waals surface area contributed by atoms with E-state index in [4.69, 9.17) is 5.73 Å². The molecule has 2 N–H and O–H groups in total. The van der Waals surface area contributed by atoms with Crippen molar-refractivity contribution in [1.29, 1.82) is 0 Å². The second-order valence-corrected chi connectivity index (χ2v) is 5.41. The summed E-state index contributed by atoms with van der Waals surface area (Å²) in [5.74, 6) is -0.365. The molecule has 1 amide bonds. The predicted molar refractivity (Wildman–Crippen MR) is 66.4 cm³/mol. The van der Waals surface area contributed by atoms with E-state index < -0.39 is 10.3 Å². The molecule has 1 aromatic carbocycles. The number of non-ortho nitro benzene ring substituents is 1. The Kier molecular flexibility index (Phi) is 2.15. The van der Waals surface area contributed by atoms with Crippen molar-refractivity contribution < 1.29 is 9.72 Å². The van der Waals surface area contributed by atoms with Crippen LogP contribution in [0.1, 0.15) is 17.8 Å². The summed E-state index contributed by atoms with van der Waals surface area (Å²) in [5, 5.41) is 11.4. The normalized spacial score (nSPS) is 16.7. The molecular weight excluding hydrogens is 254 g/mol. The highest BCUT2D eigenvalue weighted by atomic mass is 32.1. The van der Waals surface area contributed by atoms with Crippen molar-refractivity contribution in [2.45, 2.75) is 18.3 Å². The van der Waals surface area contributed by atoms with Crippen LogP contribution in [-0.2, 0) is 10.2 Å². The van der Waals surface area contributed by atoms with Gasteiger partial charge in [0.2, 0.25) is 5.91 Å². The van der Waals surface area contributed by atoms with Gasteiger partial charge in [0.05, 0.1) is 15.1 Å². The molecule has 1 saturated carbocycles.